The molecule has 2 heterocycles. The normalized spacial score (nSPS) is 24.3. The van der Waals surface area contributed by atoms with Gasteiger partial charge in [-0.15, -0.1) is 0 Å². The van der Waals surface area contributed by atoms with Gasteiger partial charge in [0.1, 0.15) is 5.82 Å². The zero-order valence-corrected chi connectivity index (χ0v) is 12.4. The number of likely N-dealkylation sites (tertiary alicyclic amines) is 1. The Balaban J connectivity index is 1.61. The summed E-state index contributed by atoms with van der Waals surface area (Å²) in [5.74, 6) is 1.22. The molecule has 106 valence electrons. The molecule has 3 nitrogen and oxygen atoms in total. The molecule has 19 heavy (non-hydrogen) atoms. The second-order valence-corrected chi connectivity index (χ2v) is 6.63. The molecule has 1 saturated heterocycles. The molecule has 2 aliphatic rings. The number of rotatable bonds is 4. The number of aromatic nitrogens is 2. The first-order valence-corrected chi connectivity index (χ1v) is 7.96. The lowest BCUT2D eigenvalue weighted by atomic mass is 9.86. The molecule has 1 aliphatic carbocycles. The van der Waals surface area contributed by atoms with Crippen molar-refractivity contribution in [2.45, 2.75) is 65.0 Å². The maximum absolute atomic E-state index is 4.43. The highest BCUT2D eigenvalue weighted by atomic mass is 15.2. The lowest BCUT2D eigenvalue weighted by Gasteiger charge is -2.28. The van der Waals surface area contributed by atoms with Crippen LogP contribution in [0.15, 0.2) is 12.4 Å². The van der Waals surface area contributed by atoms with Crippen LogP contribution in [0.4, 0.5) is 0 Å². The van der Waals surface area contributed by atoms with Gasteiger partial charge in [-0.3, -0.25) is 4.90 Å². The van der Waals surface area contributed by atoms with Gasteiger partial charge in [-0.05, 0) is 38.1 Å². The third kappa shape index (κ3) is 2.58. The predicted molar refractivity (Wildman–Crippen MR) is 78.2 cm³/mol. The van der Waals surface area contributed by atoms with Gasteiger partial charge < -0.3 is 4.57 Å². The molecule has 1 aliphatic heterocycles. The van der Waals surface area contributed by atoms with Gasteiger partial charge in [0.25, 0.3) is 0 Å². The first kappa shape index (κ1) is 13.2. The molecule has 0 N–H and O–H groups in total. The van der Waals surface area contributed by atoms with Gasteiger partial charge in [0, 0.05) is 37.9 Å². The lowest BCUT2D eigenvalue weighted by molar-refractivity contribution is 0.198. The van der Waals surface area contributed by atoms with E-state index in [-0.39, 0.29) is 0 Å². The van der Waals surface area contributed by atoms with Crippen molar-refractivity contribution in [3.63, 3.8) is 0 Å². The first-order chi connectivity index (χ1) is 9.22. The third-order valence-electron chi connectivity index (χ3n) is 5.33. The Morgan fingerprint density at radius 2 is 2.11 bits per heavy atom. The average molecular weight is 261 g/mol. The van der Waals surface area contributed by atoms with E-state index in [2.05, 4.69) is 34.5 Å². The molecule has 1 aromatic rings. The zero-order chi connectivity index (χ0) is 13.3. The maximum atomic E-state index is 4.43. The van der Waals surface area contributed by atoms with Gasteiger partial charge in [0.15, 0.2) is 0 Å². The molecular formula is C16H27N3. The molecule has 1 saturated carbocycles. The molecule has 2 fully saturated rings. The Morgan fingerprint density at radius 3 is 2.84 bits per heavy atom. The Hall–Kier alpha value is -0.830. The topological polar surface area (TPSA) is 21.1 Å². The first-order valence-electron chi connectivity index (χ1n) is 7.96. The largest absolute Gasteiger partial charge is 0.333 e. The van der Waals surface area contributed by atoms with Crippen LogP contribution in [-0.2, 0) is 13.0 Å². The summed E-state index contributed by atoms with van der Waals surface area (Å²) >= 11 is 0. The number of imidazole rings is 1. The van der Waals surface area contributed by atoms with E-state index in [4.69, 9.17) is 0 Å². The molecular weight excluding hydrogens is 234 g/mol. The SMILES string of the molecule is CCc1nccn1C[C@H](C)N1CCC2(CCCC2)C1. The smallest absolute Gasteiger partial charge is 0.108 e. The van der Waals surface area contributed by atoms with Crippen molar-refractivity contribution in [3.05, 3.63) is 18.2 Å². The van der Waals surface area contributed by atoms with E-state index < -0.39 is 0 Å². The Labute approximate surface area is 117 Å². The van der Waals surface area contributed by atoms with Crippen LogP contribution < -0.4 is 0 Å². The lowest BCUT2D eigenvalue weighted by Crippen LogP contribution is -2.36. The van der Waals surface area contributed by atoms with Crippen molar-refractivity contribution in [3.8, 4) is 0 Å². The Kier molecular flexibility index (Phi) is 3.66. The summed E-state index contributed by atoms with van der Waals surface area (Å²) in [5.41, 5.74) is 0.691. The fourth-order valence-electron chi connectivity index (χ4n) is 4.10. The maximum Gasteiger partial charge on any atom is 0.108 e. The average Bonchev–Trinajstić information content (AvgIpc) is 3.13. The molecule has 0 unspecified atom stereocenters. The summed E-state index contributed by atoms with van der Waals surface area (Å²) in [6.45, 7) is 8.31. The number of hydrogen-bond acceptors (Lipinski definition) is 2. The highest BCUT2D eigenvalue weighted by molar-refractivity contribution is 4.96. The van der Waals surface area contributed by atoms with E-state index in [0.29, 0.717) is 11.5 Å². The van der Waals surface area contributed by atoms with Crippen LogP contribution in [0.5, 0.6) is 0 Å². The molecule has 1 aromatic heterocycles. The number of aryl methyl sites for hydroxylation is 1. The number of nitrogens with zero attached hydrogens (tertiary/aromatic N) is 3. The molecule has 0 aromatic carbocycles. The van der Waals surface area contributed by atoms with Gasteiger partial charge in [-0.1, -0.05) is 19.8 Å². The van der Waals surface area contributed by atoms with Crippen molar-refractivity contribution in [2.75, 3.05) is 13.1 Å². The van der Waals surface area contributed by atoms with Gasteiger partial charge >= 0.3 is 0 Å². The van der Waals surface area contributed by atoms with Crippen molar-refractivity contribution < 1.29 is 0 Å². The second-order valence-electron chi connectivity index (χ2n) is 6.63. The zero-order valence-electron chi connectivity index (χ0n) is 12.4. The van der Waals surface area contributed by atoms with Crippen molar-refractivity contribution in [1.29, 1.82) is 0 Å². The monoisotopic (exact) mass is 261 g/mol. The van der Waals surface area contributed by atoms with Crippen molar-refractivity contribution >= 4 is 0 Å². The molecule has 1 spiro atoms. The van der Waals surface area contributed by atoms with Crippen LogP contribution in [0.25, 0.3) is 0 Å². The molecule has 3 heteroatoms. The van der Waals surface area contributed by atoms with E-state index in [0.717, 1.165) is 13.0 Å². The predicted octanol–water partition coefficient (Wildman–Crippen LogP) is 3.10. The van der Waals surface area contributed by atoms with Gasteiger partial charge in [0.2, 0.25) is 0 Å². The van der Waals surface area contributed by atoms with E-state index in [1.807, 2.05) is 6.20 Å². The van der Waals surface area contributed by atoms with Crippen LogP contribution in [0.1, 0.15) is 51.8 Å². The van der Waals surface area contributed by atoms with Gasteiger partial charge in [-0.25, -0.2) is 4.98 Å². The summed E-state index contributed by atoms with van der Waals surface area (Å²) in [5, 5.41) is 0. The molecule has 0 amide bonds. The van der Waals surface area contributed by atoms with Crippen molar-refractivity contribution in [1.82, 2.24) is 14.5 Å². The van der Waals surface area contributed by atoms with Crippen LogP contribution in [0, 0.1) is 5.41 Å². The Bertz CT molecular complexity index is 417. The summed E-state index contributed by atoms with van der Waals surface area (Å²) in [7, 11) is 0. The fourth-order valence-corrected chi connectivity index (χ4v) is 4.10. The molecule has 0 bridgehead atoms. The Morgan fingerprint density at radius 1 is 1.32 bits per heavy atom. The minimum atomic E-state index is 0.638. The highest BCUT2D eigenvalue weighted by Crippen LogP contribution is 2.45. The summed E-state index contributed by atoms with van der Waals surface area (Å²) < 4.78 is 2.34. The molecule has 3 rings (SSSR count). The fraction of sp³-hybridized carbons (Fsp3) is 0.812. The third-order valence-corrected chi connectivity index (χ3v) is 5.33. The highest BCUT2D eigenvalue weighted by Gasteiger charge is 2.41. The van der Waals surface area contributed by atoms with Gasteiger partial charge in [0.05, 0.1) is 0 Å². The summed E-state index contributed by atoms with van der Waals surface area (Å²) in [6, 6.07) is 0.638. The van der Waals surface area contributed by atoms with E-state index in [1.54, 1.807) is 0 Å². The van der Waals surface area contributed by atoms with Crippen LogP contribution >= 0.6 is 0 Å². The standard InChI is InChI=1S/C16H27N3/c1-3-15-17-9-11-18(15)12-14(2)19-10-8-16(13-19)6-4-5-7-16/h9,11,14H,3-8,10,12-13H2,1-2H3/t14-/m0/s1. The minimum Gasteiger partial charge on any atom is -0.333 e. The van der Waals surface area contributed by atoms with E-state index in [9.17, 15) is 0 Å². The van der Waals surface area contributed by atoms with Gasteiger partial charge in [-0.2, -0.15) is 0 Å². The van der Waals surface area contributed by atoms with Crippen LogP contribution in [0.2, 0.25) is 0 Å². The summed E-state index contributed by atoms with van der Waals surface area (Å²) in [6.07, 6.45) is 12.4. The second kappa shape index (κ2) is 5.28. The van der Waals surface area contributed by atoms with E-state index >= 15 is 0 Å². The van der Waals surface area contributed by atoms with Crippen molar-refractivity contribution in [2.24, 2.45) is 5.41 Å². The number of hydrogen-bond donors (Lipinski definition) is 0. The quantitative estimate of drug-likeness (QED) is 0.830. The van der Waals surface area contributed by atoms with E-state index in [1.165, 1.54) is 51.0 Å². The van der Waals surface area contributed by atoms with Crippen LogP contribution in [-0.4, -0.2) is 33.6 Å². The molecule has 1 atom stereocenters. The molecule has 0 radical (unpaired) electrons. The summed E-state index contributed by atoms with van der Waals surface area (Å²) in [4.78, 5) is 7.14. The minimum absolute atomic E-state index is 0.638. The van der Waals surface area contributed by atoms with Crippen LogP contribution in [0.3, 0.4) is 0 Å².